The van der Waals surface area contributed by atoms with Crippen molar-refractivity contribution in [3.8, 4) is 0 Å². The van der Waals surface area contributed by atoms with Gasteiger partial charge in [0.05, 0.1) is 6.10 Å². The number of carbonyl (C=O) groups is 2. The summed E-state index contributed by atoms with van der Waals surface area (Å²) >= 11 is 0. The summed E-state index contributed by atoms with van der Waals surface area (Å²) in [5, 5.41) is 1.93. The largest absolute Gasteiger partial charge is 0.351 e. The first kappa shape index (κ1) is 10.9. The molecule has 4 N–H and O–H groups in total. The highest BCUT2D eigenvalue weighted by Crippen LogP contribution is 2.19. The molecule has 80 valence electrons. The second-order valence-electron chi connectivity index (χ2n) is 3.26. The van der Waals surface area contributed by atoms with Crippen molar-refractivity contribution in [1.82, 2.24) is 10.8 Å². The molecule has 0 aromatic heterocycles. The molecule has 0 heterocycles. The summed E-state index contributed by atoms with van der Waals surface area (Å²) in [5.74, 6) is -0.490. The molecule has 1 aliphatic rings. The Bertz CT molecular complexity index is 214. The summed E-state index contributed by atoms with van der Waals surface area (Å²) in [5.41, 5.74) is 7.26. The molecule has 3 amide bonds. The van der Waals surface area contributed by atoms with Crippen LogP contribution in [0.15, 0.2) is 0 Å². The third-order valence-corrected chi connectivity index (χ3v) is 2.05. The summed E-state index contributed by atoms with van der Waals surface area (Å²) in [6, 6.07) is -0.849. The van der Waals surface area contributed by atoms with Crippen LogP contribution in [0.4, 0.5) is 4.79 Å². The van der Waals surface area contributed by atoms with E-state index in [0.29, 0.717) is 0 Å². The zero-order valence-electron chi connectivity index (χ0n) is 7.91. The molecule has 0 unspecified atom stereocenters. The maximum atomic E-state index is 10.9. The number of rotatable bonds is 4. The van der Waals surface area contributed by atoms with E-state index in [2.05, 4.69) is 5.48 Å². The molecule has 6 heteroatoms. The lowest BCUT2D eigenvalue weighted by atomic mass is 10.3. The van der Waals surface area contributed by atoms with Crippen molar-refractivity contribution >= 4 is 11.9 Å². The highest BCUT2D eigenvalue weighted by atomic mass is 16.7. The van der Waals surface area contributed by atoms with Gasteiger partial charge in [-0.3, -0.25) is 14.9 Å². The minimum Gasteiger partial charge on any atom is -0.351 e. The molecule has 1 fully saturated rings. The third kappa shape index (κ3) is 4.20. The summed E-state index contributed by atoms with van der Waals surface area (Å²) in [4.78, 5) is 26.3. The van der Waals surface area contributed by atoms with E-state index in [9.17, 15) is 9.59 Å². The molecule has 0 aromatic rings. The third-order valence-electron chi connectivity index (χ3n) is 2.05. The minimum absolute atomic E-state index is 0.0561. The van der Waals surface area contributed by atoms with Gasteiger partial charge in [0.15, 0.2) is 0 Å². The average molecular weight is 201 g/mol. The number of hydrogen-bond donors (Lipinski definition) is 3. The van der Waals surface area contributed by atoms with Crippen LogP contribution in [0.25, 0.3) is 0 Å². The second-order valence-corrected chi connectivity index (χ2v) is 3.26. The molecule has 0 aromatic carbocycles. The van der Waals surface area contributed by atoms with Gasteiger partial charge in [-0.05, 0) is 12.8 Å². The van der Waals surface area contributed by atoms with Gasteiger partial charge in [0.25, 0.3) is 0 Å². The van der Waals surface area contributed by atoms with Crippen LogP contribution in [-0.2, 0) is 9.63 Å². The second kappa shape index (κ2) is 5.56. The zero-order valence-corrected chi connectivity index (χ0v) is 7.91. The highest BCUT2D eigenvalue weighted by Gasteiger charge is 2.15. The van der Waals surface area contributed by atoms with Crippen molar-refractivity contribution in [1.29, 1.82) is 0 Å². The monoisotopic (exact) mass is 201 g/mol. The summed E-state index contributed by atoms with van der Waals surface area (Å²) in [6.45, 7) is -0.0561. The van der Waals surface area contributed by atoms with Crippen LogP contribution in [-0.4, -0.2) is 24.6 Å². The fraction of sp³-hybridized carbons (Fsp3) is 0.750. The number of nitrogens with one attached hydrogen (secondary N) is 2. The van der Waals surface area contributed by atoms with Gasteiger partial charge in [-0.2, -0.15) is 5.48 Å². The lowest BCUT2D eigenvalue weighted by molar-refractivity contribution is -0.123. The fourth-order valence-corrected chi connectivity index (χ4v) is 1.41. The topological polar surface area (TPSA) is 93.5 Å². The Morgan fingerprint density at radius 1 is 1.36 bits per heavy atom. The van der Waals surface area contributed by atoms with Crippen molar-refractivity contribution in [2.24, 2.45) is 5.73 Å². The smallest absolute Gasteiger partial charge is 0.318 e. The van der Waals surface area contributed by atoms with Crippen LogP contribution in [0, 0.1) is 0 Å². The fourth-order valence-electron chi connectivity index (χ4n) is 1.41. The molecule has 0 saturated heterocycles. The van der Waals surface area contributed by atoms with Crippen molar-refractivity contribution in [3.05, 3.63) is 0 Å². The molecule has 1 saturated carbocycles. The number of carbonyl (C=O) groups excluding carboxylic acids is 2. The van der Waals surface area contributed by atoms with E-state index in [0.717, 1.165) is 12.8 Å². The van der Waals surface area contributed by atoms with Gasteiger partial charge in [0, 0.05) is 0 Å². The van der Waals surface area contributed by atoms with E-state index in [1.54, 1.807) is 0 Å². The highest BCUT2D eigenvalue weighted by molar-refractivity contribution is 5.94. The van der Waals surface area contributed by atoms with Crippen molar-refractivity contribution in [2.45, 2.75) is 31.8 Å². The van der Waals surface area contributed by atoms with Crippen LogP contribution < -0.4 is 16.5 Å². The number of imide groups is 1. The molecule has 0 bridgehead atoms. The van der Waals surface area contributed by atoms with Crippen LogP contribution in [0.5, 0.6) is 0 Å². The number of hydrogen-bond acceptors (Lipinski definition) is 4. The number of primary amides is 1. The van der Waals surface area contributed by atoms with Gasteiger partial charge >= 0.3 is 6.03 Å². The number of urea groups is 1. The number of nitrogens with two attached hydrogens (primary N) is 1. The van der Waals surface area contributed by atoms with E-state index in [1.165, 1.54) is 12.8 Å². The number of amides is 3. The summed E-state index contributed by atoms with van der Waals surface area (Å²) < 4.78 is 0. The van der Waals surface area contributed by atoms with Gasteiger partial charge in [-0.15, -0.1) is 0 Å². The molecular weight excluding hydrogens is 186 g/mol. The van der Waals surface area contributed by atoms with E-state index < -0.39 is 11.9 Å². The molecule has 1 aliphatic carbocycles. The molecule has 0 atom stereocenters. The van der Waals surface area contributed by atoms with Crippen LogP contribution in [0.2, 0.25) is 0 Å². The van der Waals surface area contributed by atoms with Gasteiger partial charge in [0.2, 0.25) is 5.91 Å². The van der Waals surface area contributed by atoms with Gasteiger partial charge in [-0.25, -0.2) is 4.79 Å². The first-order chi connectivity index (χ1) is 6.68. The average Bonchev–Trinajstić information content (AvgIpc) is 2.55. The minimum atomic E-state index is -0.849. The standard InChI is InChI=1S/C8H15N3O3/c9-8(13)11-7(12)5-10-14-6-3-1-2-4-6/h6,10H,1-5H2,(H3,9,11,12,13). The van der Waals surface area contributed by atoms with E-state index in [1.807, 2.05) is 5.32 Å². The van der Waals surface area contributed by atoms with Gasteiger partial charge < -0.3 is 5.73 Å². The molecule has 0 radical (unpaired) electrons. The van der Waals surface area contributed by atoms with E-state index in [-0.39, 0.29) is 12.6 Å². The van der Waals surface area contributed by atoms with Crippen LogP contribution in [0.3, 0.4) is 0 Å². The first-order valence-corrected chi connectivity index (χ1v) is 4.66. The predicted molar refractivity (Wildman–Crippen MR) is 49.1 cm³/mol. The van der Waals surface area contributed by atoms with Crippen LogP contribution >= 0.6 is 0 Å². The molecule has 1 rings (SSSR count). The maximum Gasteiger partial charge on any atom is 0.318 e. The Kier molecular flexibility index (Phi) is 4.34. The van der Waals surface area contributed by atoms with Crippen LogP contribution in [0.1, 0.15) is 25.7 Å². The Morgan fingerprint density at radius 3 is 2.57 bits per heavy atom. The van der Waals surface area contributed by atoms with Crippen molar-refractivity contribution < 1.29 is 14.4 Å². The Balaban J connectivity index is 2.02. The lowest BCUT2D eigenvalue weighted by Crippen LogP contribution is -2.41. The van der Waals surface area contributed by atoms with E-state index in [4.69, 9.17) is 10.6 Å². The molecule has 14 heavy (non-hydrogen) atoms. The summed E-state index contributed by atoms with van der Waals surface area (Å²) in [6.07, 6.45) is 4.56. The molecular formula is C8H15N3O3. The molecule has 0 spiro atoms. The Labute approximate surface area is 82.1 Å². The Hall–Kier alpha value is -1.14. The maximum absolute atomic E-state index is 10.9. The number of hydroxylamine groups is 1. The first-order valence-electron chi connectivity index (χ1n) is 4.66. The van der Waals surface area contributed by atoms with Gasteiger partial charge in [-0.1, -0.05) is 12.8 Å². The summed E-state index contributed by atoms with van der Waals surface area (Å²) in [7, 11) is 0. The lowest BCUT2D eigenvalue weighted by Gasteiger charge is -2.10. The van der Waals surface area contributed by atoms with Gasteiger partial charge in [0.1, 0.15) is 6.54 Å². The molecule has 6 nitrogen and oxygen atoms in total. The normalized spacial score (nSPS) is 16.9. The Morgan fingerprint density at radius 2 is 2.00 bits per heavy atom. The quantitative estimate of drug-likeness (QED) is 0.542. The zero-order chi connectivity index (χ0) is 10.4. The SMILES string of the molecule is NC(=O)NC(=O)CNOC1CCCC1. The van der Waals surface area contributed by atoms with E-state index >= 15 is 0 Å². The van der Waals surface area contributed by atoms with Crippen molar-refractivity contribution in [2.75, 3.05) is 6.54 Å². The molecule has 0 aliphatic heterocycles. The predicted octanol–water partition coefficient (Wildman–Crippen LogP) is -0.355. The van der Waals surface area contributed by atoms with Crippen molar-refractivity contribution in [3.63, 3.8) is 0 Å².